The van der Waals surface area contributed by atoms with Crippen LogP contribution < -0.4 is 21.1 Å². The molecule has 0 amide bonds. The van der Waals surface area contributed by atoms with Crippen molar-refractivity contribution in [1.82, 2.24) is 9.97 Å². The van der Waals surface area contributed by atoms with Crippen molar-refractivity contribution < 1.29 is 4.74 Å². The summed E-state index contributed by atoms with van der Waals surface area (Å²) in [5, 5.41) is 0. The quantitative estimate of drug-likeness (QED) is 0.896. The number of aromatic nitrogens is 2. The number of anilines is 2. The summed E-state index contributed by atoms with van der Waals surface area (Å²) in [6.45, 7) is 1.83. The van der Waals surface area contributed by atoms with E-state index in [2.05, 4.69) is 14.9 Å². The molecule has 0 bridgehead atoms. The molecule has 0 radical (unpaired) electrons. The highest BCUT2D eigenvalue weighted by Gasteiger charge is 2.20. The lowest BCUT2D eigenvalue weighted by Gasteiger charge is -2.32. The molecule has 6 heteroatoms. The van der Waals surface area contributed by atoms with E-state index >= 15 is 0 Å². The molecule has 22 heavy (non-hydrogen) atoms. The van der Waals surface area contributed by atoms with Crippen LogP contribution in [-0.2, 0) is 0 Å². The number of benzene rings is 1. The standard InChI is InChI=1S/C16H21N5O/c1-22-13-4-2-11(3-5-13)15-14(10-19-16(18)20-15)21-8-6-12(17)7-9-21/h2-5,10,12H,6-9,17H2,1H3,(H2,18,19,20). The summed E-state index contributed by atoms with van der Waals surface area (Å²) in [5.41, 5.74) is 14.6. The average Bonchev–Trinajstić information content (AvgIpc) is 2.56. The highest BCUT2D eigenvalue weighted by Crippen LogP contribution is 2.31. The van der Waals surface area contributed by atoms with Crippen LogP contribution in [0.2, 0.25) is 0 Å². The second-order valence-corrected chi connectivity index (χ2v) is 5.52. The molecule has 4 N–H and O–H groups in total. The second kappa shape index (κ2) is 6.19. The van der Waals surface area contributed by atoms with Gasteiger partial charge in [0, 0.05) is 24.7 Å². The van der Waals surface area contributed by atoms with Gasteiger partial charge in [-0.2, -0.15) is 0 Å². The number of hydrogen-bond acceptors (Lipinski definition) is 6. The lowest BCUT2D eigenvalue weighted by molar-refractivity contribution is 0.415. The van der Waals surface area contributed by atoms with Crippen molar-refractivity contribution >= 4 is 11.6 Å². The summed E-state index contributed by atoms with van der Waals surface area (Å²) < 4.78 is 5.21. The van der Waals surface area contributed by atoms with Gasteiger partial charge in [-0.05, 0) is 37.1 Å². The van der Waals surface area contributed by atoms with Crippen molar-refractivity contribution in [3.05, 3.63) is 30.5 Å². The van der Waals surface area contributed by atoms with Crippen LogP contribution in [0.1, 0.15) is 12.8 Å². The van der Waals surface area contributed by atoms with Crippen LogP contribution in [-0.4, -0.2) is 36.2 Å². The summed E-state index contributed by atoms with van der Waals surface area (Å²) in [6, 6.07) is 8.10. The van der Waals surface area contributed by atoms with Crippen LogP contribution >= 0.6 is 0 Å². The normalized spacial score (nSPS) is 15.8. The number of piperidine rings is 1. The lowest BCUT2D eigenvalue weighted by atomic mass is 10.0. The SMILES string of the molecule is COc1ccc(-c2nc(N)ncc2N2CCC(N)CC2)cc1. The first-order valence-corrected chi connectivity index (χ1v) is 7.45. The molecule has 0 saturated carbocycles. The van der Waals surface area contributed by atoms with Crippen molar-refractivity contribution in [3.8, 4) is 17.0 Å². The van der Waals surface area contributed by atoms with Gasteiger partial charge in [0.05, 0.1) is 24.7 Å². The number of ether oxygens (including phenoxy) is 1. The summed E-state index contributed by atoms with van der Waals surface area (Å²) in [6.07, 6.45) is 3.76. The average molecular weight is 299 g/mol. The molecule has 1 aromatic heterocycles. The van der Waals surface area contributed by atoms with Crippen LogP contribution in [0.25, 0.3) is 11.3 Å². The third-order valence-electron chi connectivity index (χ3n) is 4.03. The van der Waals surface area contributed by atoms with Gasteiger partial charge in [-0.3, -0.25) is 0 Å². The number of nitrogen functional groups attached to an aromatic ring is 1. The Morgan fingerprint density at radius 3 is 2.50 bits per heavy atom. The maximum atomic E-state index is 5.99. The third-order valence-corrected chi connectivity index (χ3v) is 4.03. The molecule has 2 aromatic rings. The van der Waals surface area contributed by atoms with Crippen LogP contribution in [0.3, 0.4) is 0 Å². The van der Waals surface area contributed by atoms with E-state index in [1.54, 1.807) is 13.3 Å². The van der Waals surface area contributed by atoms with E-state index in [4.69, 9.17) is 16.2 Å². The zero-order valence-electron chi connectivity index (χ0n) is 12.7. The van der Waals surface area contributed by atoms with Crippen LogP contribution in [0, 0.1) is 0 Å². The van der Waals surface area contributed by atoms with E-state index in [1.165, 1.54) is 0 Å². The topological polar surface area (TPSA) is 90.3 Å². The molecule has 0 unspecified atom stereocenters. The maximum absolute atomic E-state index is 5.99. The molecule has 1 aliphatic rings. The predicted octanol–water partition coefficient (Wildman–Crippen LogP) is 1.66. The highest BCUT2D eigenvalue weighted by atomic mass is 16.5. The predicted molar refractivity (Wildman–Crippen MR) is 87.9 cm³/mol. The smallest absolute Gasteiger partial charge is 0.220 e. The van der Waals surface area contributed by atoms with Gasteiger partial charge in [0.25, 0.3) is 0 Å². The summed E-state index contributed by atoms with van der Waals surface area (Å²) in [5.74, 6) is 1.10. The molecule has 2 heterocycles. The van der Waals surface area contributed by atoms with Crippen LogP contribution in [0.5, 0.6) is 5.75 Å². The Bertz CT molecular complexity index is 635. The zero-order valence-corrected chi connectivity index (χ0v) is 12.7. The number of nitrogens with two attached hydrogens (primary N) is 2. The molecule has 1 saturated heterocycles. The fourth-order valence-corrected chi connectivity index (χ4v) is 2.72. The van der Waals surface area contributed by atoms with Crippen LogP contribution in [0.15, 0.2) is 30.5 Å². The number of methoxy groups -OCH3 is 1. The van der Waals surface area contributed by atoms with Crippen molar-refractivity contribution in [2.24, 2.45) is 5.73 Å². The first-order chi connectivity index (χ1) is 10.7. The van der Waals surface area contributed by atoms with E-state index in [0.717, 1.165) is 48.6 Å². The largest absolute Gasteiger partial charge is 0.497 e. The Balaban J connectivity index is 1.96. The van der Waals surface area contributed by atoms with E-state index in [0.29, 0.717) is 0 Å². The van der Waals surface area contributed by atoms with E-state index in [9.17, 15) is 0 Å². The van der Waals surface area contributed by atoms with E-state index < -0.39 is 0 Å². The van der Waals surface area contributed by atoms with Crippen molar-refractivity contribution in [2.45, 2.75) is 18.9 Å². The van der Waals surface area contributed by atoms with Gasteiger partial charge in [-0.25, -0.2) is 9.97 Å². The molecule has 6 nitrogen and oxygen atoms in total. The van der Waals surface area contributed by atoms with Crippen molar-refractivity contribution in [3.63, 3.8) is 0 Å². The molecule has 1 aliphatic heterocycles. The molecular weight excluding hydrogens is 278 g/mol. The minimum Gasteiger partial charge on any atom is -0.497 e. The van der Waals surface area contributed by atoms with Gasteiger partial charge in [0.15, 0.2) is 0 Å². The molecule has 0 aliphatic carbocycles. The Morgan fingerprint density at radius 2 is 1.86 bits per heavy atom. The first kappa shape index (κ1) is 14.6. The first-order valence-electron chi connectivity index (χ1n) is 7.45. The zero-order chi connectivity index (χ0) is 15.5. The number of hydrogen-bond donors (Lipinski definition) is 2. The molecule has 0 spiro atoms. The molecule has 116 valence electrons. The van der Waals surface area contributed by atoms with Gasteiger partial charge in [-0.15, -0.1) is 0 Å². The van der Waals surface area contributed by atoms with Gasteiger partial charge in [-0.1, -0.05) is 0 Å². The Kier molecular flexibility index (Phi) is 4.11. The van der Waals surface area contributed by atoms with Gasteiger partial charge >= 0.3 is 0 Å². The molecular formula is C16H21N5O. The van der Waals surface area contributed by atoms with Crippen molar-refractivity contribution in [1.29, 1.82) is 0 Å². The van der Waals surface area contributed by atoms with Gasteiger partial charge in [0.1, 0.15) is 5.75 Å². The minimum absolute atomic E-state index is 0.281. The monoisotopic (exact) mass is 299 g/mol. The fourth-order valence-electron chi connectivity index (χ4n) is 2.72. The molecule has 3 rings (SSSR count). The molecule has 1 fully saturated rings. The van der Waals surface area contributed by atoms with Crippen LogP contribution in [0.4, 0.5) is 11.6 Å². The summed E-state index contributed by atoms with van der Waals surface area (Å²) >= 11 is 0. The summed E-state index contributed by atoms with van der Waals surface area (Å²) in [4.78, 5) is 10.9. The van der Waals surface area contributed by atoms with E-state index in [1.807, 2.05) is 24.3 Å². The molecule has 0 atom stereocenters. The third kappa shape index (κ3) is 2.96. The van der Waals surface area contributed by atoms with Gasteiger partial charge < -0.3 is 21.1 Å². The Labute approximate surface area is 130 Å². The number of rotatable bonds is 3. The van der Waals surface area contributed by atoms with E-state index in [-0.39, 0.29) is 12.0 Å². The fraction of sp³-hybridized carbons (Fsp3) is 0.375. The van der Waals surface area contributed by atoms with Crippen molar-refractivity contribution in [2.75, 3.05) is 30.8 Å². The summed E-state index contributed by atoms with van der Waals surface area (Å²) in [7, 11) is 1.65. The number of nitrogens with zero attached hydrogens (tertiary/aromatic N) is 3. The molecule has 1 aromatic carbocycles. The minimum atomic E-state index is 0.281. The second-order valence-electron chi connectivity index (χ2n) is 5.52. The highest BCUT2D eigenvalue weighted by molar-refractivity contribution is 5.75. The maximum Gasteiger partial charge on any atom is 0.220 e. The Morgan fingerprint density at radius 1 is 1.18 bits per heavy atom. The Hall–Kier alpha value is -2.34. The lowest BCUT2D eigenvalue weighted by Crippen LogP contribution is -2.40. The van der Waals surface area contributed by atoms with Gasteiger partial charge in [0.2, 0.25) is 5.95 Å².